The fourth-order valence-electron chi connectivity index (χ4n) is 1.95. The van der Waals surface area contributed by atoms with Gasteiger partial charge in [0.25, 0.3) is 5.56 Å². The van der Waals surface area contributed by atoms with Crippen molar-refractivity contribution in [2.24, 2.45) is 0 Å². The molecule has 2 heterocycles. The van der Waals surface area contributed by atoms with E-state index >= 15 is 0 Å². The van der Waals surface area contributed by atoms with Gasteiger partial charge in [-0.2, -0.15) is 0 Å². The van der Waals surface area contributed by atoms with Gasteiger partial charge in [-0.1, -0.05) is 23.7 Å². The number of halogens is 2. The average Bonchev–Trinajstić information content (AvgIpc) is 2.40. The number of para-hydroxylation sites is 1. The fraction of sp³-hybridized carbons (Fsp3) is 0. The molecule has 0 unspecified atom stereocenters. The summed E-state index contributed by atoms with van der Waals surface area (Å²) >= 11 is 5.79. The molecule has 1 aromatic carbocycles. The summed E-state index contributed by atoms with van der Waals surface area (Å²) in [4.78, 5) is 29.8. The summed E-state index contributed by atoms with van der Waals surface area (Å²) in [6.45, 7) is 0. The van der Waals surface area contributed by atoms with Crippen molar-refractivity contribution in [1.29, 1.82) is 0 Å². The Balaban J connectivity index is 2.54. The van der Waals surface area contributed by atoms with Crippen LogP contribution in [0.5, 0.6) is 0 Å². The van der Waals surface area contributed by atoms with Gasteiger partial charge in [0.15, 0.2) is 5.65 Å². The van der Waals surface area contributed by atoms with E-state index in [1.165, 1.54) is 30.3 Å². The van der Waals surface area contributed by atoms with Gasteiger partial charge in [0, 0.05) is 0 Å². The molecule has 3 rings (SSSR count). The Morgan fingerprint density at radius 3 is 2.65 bits per heavy atom. The molecule has 0 fully saturated rings. The van der Waals surface area contributed by atoms with Crippen LogP contribution in [0.1, 0.15) is 0 Å². The molecule has 3 aromatic rings. The van der Waals surface area contributed by atoms with E-state index in [2.05, 4.69) is 9.97 Å². The number of nitrogens with one attached hydrogen (secondary N) is 1. The number of hydrogen-bond donors (Lipinski definition) is 1. The maximum absolute atomic E-state index is 13.9. The van der Waals surface area contributed by atoms with Gasteiger partial charge < -0.3 is 0 Å². The minimum Gasteiger partial charge on any atom is -0.273 e. The molecule has 0 radical (unpaired) electrons. The lowest BCUT2D eigenvalue weighted by atomic mass is 10.2. The van der Waals surface area contributed by atoms with Crippen molar-refractivity contribution in [3.05, 3.63) is 68.2 Å². The number of pyridine rings is 1. The van der Waals surface area contributed by atoms with E-state index in [4.69, 9.17) is 11.6 Å². The van der Waals surface area contributed by atoms with Crippen molar-refractivity contribution < 1.29 is 4.39 Å². The minimum atomic E-state index is -0.776. The number of aromatic amines is 1. The fourth-order valence-corrected chi connectivity index (χ4v) is 2.09. The Morgan fingerprint density at radius 1 is 1.15 bits per heavy atom. The highest BCUT2D eigenvalue weighted by Crippen LogP contribution is 2.16. The maximum atomic E-state index is 13.9. The van der Waals surface area contributed by atoms with Gasteiger partial charge >= 0.3 is 5.69 Å². The van der Waals surface area contributed by atoms with Crippen LogP contribution in [0.4, 0.5) is 4.39 Å². The van der Waals surface area contributed by atoms with Crippen LogP contribution in [0.15, 0.2) is 46.0 Å². The number of nitrogens with zero attached hydrogens (tertiary/aromatic N) is 2. The van der Waals surface area contributed by atoms with Crippen LogP contribution in [-0.4, -0.2) is 14.5 Å². The van der Waals surface area contributed by atoms with Crippen LogP contribution < -0.4 is 11.2 Å². The van der Waals surface area contributed by atoms with Gasteiger partial charge in [0.1, 0.15) is 11.0 Å². The summed E-state index contributed by atoms with van der Waals surface area (Å²) in [7, 11) is 0. The minimum absolute atomic E-state index is 0.00600. The number of H-pyrrole nitrogens is 1. The number of hydrogen-bond acceptors (Lipinski definition) is 3. The van der Waals surface area contributed by atoms with E-state index < -0.39 is 17.1 Å². The first-order valence-corrected chi connectivity index (χ1v) is 6.02. The number of fused-ring (bicyclic) bond motifs is 1. The van der Waals surface area contributed by atoms with E-state index in [-0.39, 0.29) is 21.9 Å². The summed E-state index contributed by atoms with van der Waals surface area (Å²) in [6, 6.07) is 8.56. The quantitative estimate of drug-likeness (QED) is 0.696. The Labute approximate surface area is 116 Å². The smallest absolute Gasteiger partial charge is 0.273 e. The average molecular weight is 292 g/mol. The molecule has 2 aromatic heterocycles. The zero-order valence-electron chi connectivity index (χ0n) is 9.93. The van der Waals surface area contributed by atoms with E-state index in [9.17, 15) is 14.0 Å². The molecule has 5 nitrogen and oxygen atoms in total. The maximum Gasteiger partial charge on any atom is 0.334 e. The number of rotatable bonds is 1. The molecule has 0 saturated heterocycles. The van der Waals surface area contributed by atoms with Crippen LogP contribution in [0, 0.1) is 5.82 Å². The SMILES string of the molecule is O=c1[nH]c(=O)n(-c2ccccc2F)c2nc(Cl)ccc12. The Morgan fingerprint density at radius 2 is 1.90 bits per heavy atom. The van der Waals surface area contributed by atoms with Crippen molar-refractivity contribution in [2.75, 3.05) is 0 Å². The van der Waals surface area contributed by atoms with Gasteiger partial charge in [-0.05, 0) is 24.3 Å². The molecule has 0 aliphatic rings. The highest BCUT2D eigenvalue weighted by atomic mass is 35.5. The predicted octanol–water partition coefficient (Wildman–Crippen LogP) is 1.87. The Bertz CT molecular complexity index is 933. The van der Waals surface area contributed by atoms with E-state index in [1.54, 1.807) is 6.07 Å². The molecule has 0 amide bonds. The molecule has 1 N–H and O–H groups in total. The lowest BCUT2D eigenvalue weighted by molar-refractivity contribution is 0.616. The first-order chi connectivity index (χ1) is 9.58. The molecule has 0 aliphatic heterocycles. The molecule has 20 heavy (non-hydrogen) atoms. The largest absolute Gasteiger partial charge is 0.334 e. The first kappa shape index (κ1) is 12.6. The number of aromatic nitrogens is 3. The van der Waals surface area contributed by atoms with Crippen molar-refractivity contribution in [3.8, 4) is 5.69 Å². The van der Waals surface area contributed by atoms with Crippen molar-refractivity contribution in [3.63, 3.8) is 0 Å². The van der Waals surface area contributed by atoms with Gasteiger partial charge in [-0.3, -0.25) is 9.78 Å². The Hall–Kier alpha value is -2.47. The van der Waals surface area contributed by atoms with Crippen LogP contribution in [-0.2, 0) is 0 Å². The molecule has 0 bridgehead atoms. The summed E-state index contributed by atoms with van der Waals surface area (Å²) in [5, 5.41) is 0.254. The topological polar surface area (TPSA) is 67.8 Å². The predicted molar refractivity (Wildman–Crippen MR) is 72.9 cm³/mol. The second kappa shape index (κ2) is 4.57. The highest BCUT2D eigenvalue weighted by molar-refractivity contribution is 6.29. The van der Waals surface area contributed by atoms with Crippen molar-refractivity contribution in [1.82, 2.24) is 14.5 Å². The van der Waals surface area contributed by atoms with Crippen LogP contribution in [0.25, 0.3) is 16.7 Å². The third-order valence-electron chi connectivity index (χ3n) is 2.81. The monoisotopic (exact) mass is 291 g/mol. The summed E-state index contributed by atoms with van der Waals surface area (Å²) < 4.78 is 14.9. The second-order valence-corrected chi connectivity index (χ2v) is 4.44. The van der Waals surface area contributed by atoms with Crippen molar-refractivity contribution in [2.45, 2.75) is 0 Å². The van der Waals surface area contributed by atoms with Crippen LogP contribution in [0.2, 0.25) is 5.15 Å². The lowest BCUT2D eigenvalue weighted by Gasteiger charge is -2.09. The van der Waals surface area contributed by atoms with E-state index in [1.807, 2.05) is 0 Å². The third kappa shape index (κ3) is 1.90. The molecule has 7 heteroatoms. The van der Waals surface area contributed by atoms with Crippen LogP contribution >= 0.6 is 11.6 Å². The first-order valence-electron chi connectivity index (χ1n) is 5.64. The molecule has 0 atom stereocenters. The van der Waals surface area contributed by atoms with E-state index in [0.717, 1.165) is 4.57 Å². The molecule has 100 valence electrons. The standard InChI is InChI=1S/C13H7ClFN3O2/c14-10-6-5-7-11(16-10)18(13(20)17-12(7)19)9-4-2-1-3-8(9)15/h1-6H,(H,17,19,20). The molecule has 0 aliphatic carbocycles. The summed E-state index contributed by atoms with van der Waals surface area (Å²) in [5.74, 6) is -0.607. The molecule has 0 saturated carbocycles. The third-order valence-corrected chi connectivity index (χ3v) is 3.02. The van der Waals surface area contributed by atoms with Gasteiger partial charge in [0.05, 0.1) is 11.1 Å². The molecule has 0 spiro atoms. The highest BCUT2D eigenvalue weighted by Gasteiger charge is 2.13. The molecular weight excluding hydrogens is 285 g/mol. The van der Waals surface area contributed by atoms with Gasteiger partial charge in [0.2, 0.25) is 0 Å². The van der Waals surface area contributed by atoms with E-state index in [0.29, 0.717) is 0 Å². The lowest BCUT2D eigenvalue weighted by Crippen LogP contribution is -2.30. The van der Waals surface area contributed by atoms with Gasteiger partial charge in [-0.15, -0.1) is 0 Å². The zero-order valence-corrected chi connectivity index (χ0v) is 10.7. The summed E-state index contributed by atoms with van der Waals surface area (Å²) in [6.07, 6.45) is 0. The van der Waals surface area contributed by atoms with Gasteiger partial charge in [-0.25, -0.2) is 18.7 Å². The second-order valence-electron chi connectivity index (χ2n) is 4.05. The number of benzene rings is 1. The molecular formula is C13H7ClFN3O2. The normalized spacial score (nSPS) is 10.9. The van der Waals surface area contributed by atoms with Crippen LogP contribution in [0.3, 0.4) is 0 Å². The van der Waals surface area contributed by atoms with Crippen molar-refractivity contribution >= 4 is 22.6 Å². The Kier molecular flexibility index (Phi) is 2.87. The summed E-state index contributed by atoms with van der Waals surface area (Å²) in [5.41, 5.74) is -1.37. The zero-order chi connectivity index (χ0) is 14.3.